The third-order valence-corrected chi connectivity index (χ3v) is 4.23. The molecule has 0 aliphatic carbocycles. The first kappa shape index (κ1) is 15.7. The average Bonchev–Trinajstić information content (AvgIpc) is 3.24. The number of methoxy groups -OCH3 is 1. The van der Waals surface area contributed by atoms with Crippen LogP contribution in [0.25, 0.3) is 0 Å². The van der Waals surface area contributed by atoms with Gasteiger partial charge in [0, 0.05) is 12.7 Å². The van der Waals surface area contributed by atoms with Crippen molar-refractivity contribution in [1.29, 1.82) is 0 Å². The first-order chi connectivity index (χ1) is 11.2. The number of nitrogens with zero attached hydrogens (tertiary/aromatic N) is 2. The molecule has 1 aliphatic heterocycles. The molecule has 0 radical (unpaired) electrons. The lowest BCUT2D eigenvalue weighted by molar-refractivity contribution is -0.118. The molecular weight excluding hydrogens is 318 g/mol. The van der Waals surface area contributed by atoms with Crippen LogP contribution in [0.2, 0.25) is 0 Å². The second kappa shape index (κ2) is 7.38. The zero-order chi connectivity index (χ0) is 16.1. The minimum Gasteiger partial charge on any atom is -0.497 e. The van der Waals surface area contributed by atoms with Gasteiger partial charge in [0.2, 0.25) is 5.13 Å². The fourth-order valence-electron chi connectivity index (χ4n) is 2.18. The predicted octanol–water partition coefficient (Wildman–Crippen LogP) is 2.42. The highest BCUT2D eigenvalue weighted by Crippen LogP contribution is 2.31. The zero-order valence-electron chi connectivity index (χ0n) is 12.7. The molecule has 1 unspecified atom stereocenters. The van der Waals surface area contributed by atoms with Crippen LogP contribution in [0.1, 0.15) is 24.0 Å². The predicted molar refractivity (Wildman–Crippen MR) is 85.0 cm³/mol. The Bertz CT molecular complexity index is 670. The number of ether oxygens (including phenoxy) is 3. The molecule has 8 heteroatoms. The van der Waals surface area contributed by atoms with Gasteiger partial charge in [-0.1, -0.05) is 17.4 Å². The van der Waals surface area contributed by atoms with Gasteiger partial charge in [-0.3, -0.25) is 10.1 Å². The normalized spacial score (nSPS) is 17.0. The van der Waals surface area contributed by atoms with E-state index in [1.807, 2.05) is 0 Å². The standard InChI is InChI=1S/C15H17N3O4S/c1-20-10-4-2-5-11(8-10)22-9-13(19)16-15-18-17-14(23-15)12-6-3-7-21-12/h2,4-5,8,12H,3,6-7,9H2,1H3,(H,16,18,19). The minimum absolute atomic E-state index is 0.00573. The highest BCUT2D eigenvalue weighted by Gasteiger charge is 2.22. The molecule has 3 rings (SSSR count). The van der Waals surface area contributed by atoms with Crippen molar-refractivity contribution in [1.82, 2.24) is 10.2 Å². The third-order valence-electron chi connectivity index (χ3n) is 3.30. The van der Waals surface area contributed by atoms with Crippen LogP contribution in [0.15, 0.2) is 24.3 Å². The van der Waals surface area contributed by atoms with Crippen LogP contribution < -0.4 is 14.8 Å². The number of benzene rings is 1. The Morgan fingerprint density at radius 3 is 3.09 bits per heavy atom. The summed E-state index contributed by atoms with van der Waals surface area (Å²) in [6.45, 7) is 0.641. The molecule has 2 aromatic rings. The second-order valence-corrected chi connectivity index (χ2v) is 5.97. The molecule has 1 fully saturated rings. The number of hydrogen-bond donors (Lipinski definition) is 1. The van der Waals surface area contributed by atoms with Crippen LogP contribution in [-0.2, 0) is 9.53 Å². The molecule has 0 bridgehead atoms. The summed E-state index contributed by atoms with van der Waals surface area (Å²) in [6.07, 6.45) is 1.98. The van der Waals surface area contributed by atoms with E-state index in [2.05, 4.69) is 15.5 Å². The smallest absolute Gasteiger partial charge is 0.264 e. The van der Waals surface area contributed by atoms with Crippen molar-refractivity contribution in [3.63, 3.8) is 0 Å². The van der Waals surface area contributed by atoms with E-state index in [9.17, 15) is 4.79 Å². The zero-order valence-corrected chi connectivity index (χ0v) is 13.5. The van der Waals surface area contributed by atoms with Crippen molar-refractivity contribution < 1.29 is 19.0 Å². The van der Waals surface area contributed by atoms with Gasteiger partial charge < -0.3 is 14.2 Å². The van der Waals surface area contributed by atoms with Gasteiger partial charge in [0.1, 0.15) is 22.6 Å². The lowest BCUT2D eigenvalue weighted by Crippen LogP contribution is -2.20. The van der Waals surface area contributed by atoms with Gasteiger partial charge in [-0.25, -0.2) is 0 Å². The van der Waals surface area contributed by atoms with Gasteiger partial charge in [0.15, 0.2) is 6.61 Å². The summed E-state index contributed by atoms with van der Waals surface area (Å²) in [6, 6.07) is 7.08. The van der Waals surface area contributed by atoms with Gasteiger partial charge in [-0.05, 0) is 25.0 Å². The third kappa shape index (κ3) is 4.17. The molecular formula is C15H17N3O4S. The fourth-order valence-corrected chi connectivity index (χ4v) is 3.03. The molecule has 0 spiro atoms. The maximum absolute atomic E-state index is 11.9. The van der Waals surface area contributed by atoms with E-state index in [0.717, 1.165) is 24.5 Å². The number of carbonyl (C=O) groups is 1. The molecule has 0 saturated carbocycles. The van der Waals surface area contributed by atoms with Crippen LogP contribution in [-0.4, -0.2) is 36.4 Å². The number of amides is 1. The first-order valence-electron chi connectivity index (χ1n) is 7.26. The van der Waals surface area contributed by atoms with Crippen LogP contribution >= 0.6 is 11.3 Å². The van der Waals surface area contributed by atoms with E-state index in [1.165, 1.54) is 11.3 Å². The van der Waals surface area contributed by atoms with E-state index in [4.69, 9.17) is 14.2 Å². The Balaban J connectivity index is 1.51. The summed E-state index contributed by atoms with van der Waals surface area (Å²) < 4.78 is 16.1. The van der Waals surface area contributed by atoms with Gasteiger partial charge in [-0.2, -0.15) is 0 Å². The topological polar surface area (TPSA) is 82.6 Å². The lowest BCUT2D eigenvalue weighted by atomic mass is 10.2. The molecule has 1 aromatic carbocycles. The Morgan fingerprint density at radius 2 is 2.30 bits per heavy atom. The van der Waals surface area contributed by atoms with E-state index < -0.39 is 0 Å². The summed E-state index contributed by atoms with van der Waals surface area (Å²) in [4.78, 5) is 11.9. The molecule has 23 heavy (non-hydrogen) atoms. The Kier molecular flexibility index (Phi) is 5.04. The lowest BCUT2D eigenvalue weighted by Gasteiger charge is -2.07. The summed E-state index contributed by atoms with van der Waals surface area (Å²) >= 11 is 1.33. The fraction of sp³-hybridized carbons (Fsp3) is 0.400. The maximum atomic E-state index is 11.9. The monoisotopic (exact) mass is 335 g/mol. The molecule has 1 atom stereocenters. The molecule has 7 nitrogen and oxygen atoms in total. The number of nitrogens with one attached hydrogen (secondary N) is 1. The minimum atomic E-state index is -0.289. The number of anilines is 1. The molecule has 1 aliphatic rings. The maximum Gasteiger partial charge on any atom is 0.264 e. The van der Waals surface area contributed by atoms with Crippen LogP contribution in [0.5, 0.6) is 11.5 Å². The van der Waals surface area contributed by atoms with Gasteiger partial charge in [-0.15, -0.1) is 10.2 Å². The van der Waals surface area contributed by atoms with Crippen LogP contribution in [0, 0.1) is 0 Å². The molecule has 1 saturated heterocycles. The van der Waals surface area contributed by atoms with Crippen molar-refractivity contribution in [2.75, 3.05) is 25.6 Å². The van der Waals surface area contributed by atoms with E-state index in [-0.39, 0.29) is 18.6 Å². The van der Waals surface area contributed by atoms with E-state index in [0.29, 0.717) is 16.6 Å². The molecule has 1 N–H and O–H groups in total. The molecule has 2 heterocycles. The van der Waals surface area contributed by atoms with E-state index in [1.54, 1.807) is 31.4 Å². The van der Waals surface area contributed by atoms with Crippen molar-refractivity contribution in [3.8, 4) is 11.5 Å². The summed E-state index contributed by atoms with van der Waals surface area (Å²) in [5.41, 5.74) is 0. The number of aromatic nitrogens is 2. The Labute approximate surface area is 137 Å². The van der Waals surface area contributed by atoms with Crippen LogP contribution in [0.3, 0.4) is 0 Å². The number of carbonyl (C=O) groups excluding carboxylic acids is 1. The molecule has 1 amide bonds. The Morgan fingerprint density at radius 1 is 1.43 bits per heavy atom. The van der Waals surface area contributed by atoms with Crippen molar-refractivity contribution >= 4 is 22.4 Å². The van der Waals surface area contributed by atoms with Crippen molar-refractivity contribution in [3.05, 3.63) is 29.3 Å². The summed E-state index contributed by atoms with van der Waals surface area (Å²) in [7, 11) is 1.58. The van der Waals surface area contributed by atoms with E-state index >= 15 is 0 Å². The van der Waals surface area contributed by atoms with Gasteiger partial charge in [0.05, 0.1) is 7.11 Å². The number of hydrogen-bond acceptors (Lipinski definition) is 7. The van der Waals surface area contributed by atoms with Gasteiger partial charge in [0.25, 0.3) is 5.91 Å². The average molecular weight is 335 g/mol. The largest absolute Gasteiger partial charge is 0.497 e. The number of rotatable bonds is 6. The highest BCUT2D eigenvalue weighted by molar-refractivity contribution is 7.15. The summed E-state index contributed by atoms with van der Waals surface area (Å²) in [5.74, 6) is 0.952. The first-order valence-corrected chi connectivity index (χ1v) is 8.08. The quantitative estimate of drug-likeness (QED) is 0.873. The second-order valence-electron chi connectivity index (χ2n) is 4.96. The van der Waals surface area contributed by atoms with Crippen molar-refractivity contribution in [2.45, 2.75) is 18.9 Å². The Hall–Kier alpha value is -2.19. The van der Waals surface area contributed by atoms with Crippen molar-refractivity contribution in [2.24, 2.45) is 0 Å². The molecule has 1 aromatic heterocycles. The SMILES string of the molecule is COc1cccc(OCC(=O)Nc2nnc(C3CCCO3)s2)c1. The molecule has 122 valence electrons. The highest BCUT2D eigenvalue weighted by atomic mass is 32.1. The van der Waals surface area contributed by atoms with Gasteiger partial charge >= 0.3 is 0 Å². The van der Waals surface area contributed by atoms with Crippen LogP contribution in [0.4, 0.5) is 5.13 Å². The summed E-state index contributed by atoms with van der Waals surface area (Å²) in [5, 5.41) is 12.0.